The second kappa shape index (κ2) is 3.02. The highest BCUT2D eigenvalue weighted by Gasteiger charge is 2.06. The van der Waals surface area contributed by atoms with Gasteiger partial charge in [0.2, 0.25) is 5.82 Å². The van der Waals surface area contributed by atoms with Crippen LogP contribution in [0.4, 0.5) is 0 Å². The van der Waals surface area contributed by atoms with E-state index in [0.29, 0.717) is 15.4 Å². The predicted octanol–water partition coefficient (Wildman–Crippen LogP) is 1.23. The number of halogens is 1. The second-order valence-electron chi connectivity index (χ2n) is 2.40. The fourth-order valence-corrected chi connectivity index (χ4v) is 1.08. The quantitative estimate of drug-likeness (QED) is 0.697. The molecule has 1 N–H and O–H groups in total. The van der Waals surface area contributed by atoms with Crippen LogP contribution in [0.3, 0.4) is 0 Å². The molecule has 0 aliphatic carbocycles. The maximum Gasteiger partial charge on any atom is 0.222 e. The lowest BCUT2D eigenvalue weighted by molar-refractivity contribution is 0.147. The predicted molar refractivity (Wildman–Crippen MR) is 45.4 cm³/mol. The molecule has 0 fully saturated rings. The molecule has 0 radical (unpaired) electrons. The van der Waals surface area contributed by atoms with Crippen LogP contribution in [0.15, 0.2) is 24.3 Å². The number of tetrazole rings is 1. The van der Waals surface area contributed by atoms with E-state index >= 15 is 0 Å². The van der Waals surface area contributed by atoms with Gasteiger partial charge in [0, 0.05) is 10.6 Å². The number of nitrogens with zero attached hydrogens (tertiary/aromatic N) is 4. The molecule has 0 aliphatic rings. The molecule has 1 heterocycles. The summed E-state index contributed by atoms with van der Waals surface area (Å²) in [7, 11) is 0. The number of rotatable bonds is 1. The third-order valence-electron chi connectivity index (χ3n) is 1.56. The summed E-state index contributed by atoms with van der Waals surface area (Å²) in [5.41, 5.74) is 0.705. The van der Waals surface area contributed by atoms with Gasteiger partial charge in [-0.2, -0.15) is 0 Å². The molecular weight excluding hydrogens is 192 g/mol. The molecule has 6 heteroatoms. The topological polar surface area (TPSA) is 63.8 Å². The zero-order valence-corrected chi connectivity index (χ0v) is 7.18. The third-order valence-corrected chi connectivity index (χ3v) is 1.81. The molecule has 0 saturated carbocycles. The molecule has 2 aromatic rings. The zero-order chi connectivity index (χ0) is 9.26. The van der Waals surface area contributed by atoms with Gasteiger partial charge in [0.05, 0.1) is 0 Å². The Labute approximate surface area is 78.5 Å². The van der Waals surface area contributed by atoms with E-state index in [4.69, 9.17) is 16.8 Å². The lowest BCUT2D eigenvalue weighted by Gasteiger charge is -1.96. The highest BCUT2D eigenvalue weighted by atomic mass is 35.5. The molecule has 0 atom stereocenters. The van der Waals surface area contributed by atoms with Crippen LogP contribution in [0.2, 0.25) is 5.02 Å². The van der Waals surface area contributed by atoms with Crippen molar-refractivity contribution >= 4 is 11.6 Å². The molecule has 13 heavy (non-hydrogen) atoms. The van der Waals surface area contributed by atoms with Crippen molar-refractivity contribution in [1.82, 2.24) is 20.4 Å². The minimum absolute atomic E-state index is 0.289. The van der Waals surface area contributed by atoms with E-state index in [1.807, 2.05) is 0 Å². The minimum atomic E-state index is 0.289. The van der Waals surface area contributed by atoms with Crippen LogP contribution < -0.4 is 0 Å². The van der Waals surface area contributed by atoms with E-state index in [2.05, 4.69) is 15.5 Å². The van der Waals surface area contributed by atoms with E-state index in [9.17, 15) is 0 Å². The molecular formula is C7H5ClN4O. The fourth-order valence-electron chi connectivity index (χ4n) is 0.955. The molecule has 0 amide bonds. The summed E-state index contributed by atoms with van der Waals surface area (Å²) in [6.07, 6.45) is 0. The first-order valence-corrected chi connectivity index (χ1v) is 3.89. The van der Waals surface area contributed by atoms with Crippen LogP contribution in [-0.2, 0) is 0 Å². The van der Waals surface area contributed by atoms with Crippen molar-refractivity contribution in [3.05, 3.63) is 29.3 Å². The summed E-state index contributed by atoms with van der Waals surface area (Å²) in [5, 5.41) is 20.0. The summed E-state index contributed by atoms with van der Waals surface area (Å²) in [5.74, 6) is 0.289. The minimum Gasteiger partial charge on any atom is -0.409 e. The van der Waals surface area contributed by atoms with Gasteiger partial charge in [0.15, 0.2) is 0 Å². The van der Waals surface area contributed by atoms with Gasteiger partial charge in [-0.25, -0.2) is 0 Å². The standard InChI is InChI=1S/C7H5ClN4O/c8-6-3-1-5(2-4-6)7-9-10-11-12(7)13/h1-4,13H. The highest BCUT2D eigenvalue weighted by Crippen LogP contribution is 2.17. The number of benzene rings is 1. The largest absolute Gasteiger partial charge is 0.409 e. The number of hydrogen-bond donors (Lipinski definition) is 1. The Hall–Kier alpha value is -1.62. The van der Waals surface area contributed by atoms with Gasteiger partial charge >= 0.3 is 0 Å². The molecule has 66 valence electrons. The van der Waals surface area contributed by atoms with Crippen molar-refractivity contribution < 1.29 is 5.21 Å². The Morgan fingerprint density at radius 3 is 2.46 bits per heavy atom. The molecule has 0 unspecified atom stereocenters. The Kier molecular flexibility index (Phi) is 1.86. The van der Waals surface area contributed by atoms with Crippen molar-refractivity contribution in [1.29, 1.82) is 0 Å². The summed E-state index contributed by atoms with van der Waals surface area (Å²) in [6.45, 7) is 0. The second-order valence-corrected chi connectivity index (χ2v) is 2.84. The van der Waals surface area contributed by atoms with Crippen LogP contribution in [0.5, 0.6) is 0 Å². The van der Waals surface area contributed by atoms with E-state index in [1.165, 1.54) is 0 Å². The maximum atomic E-state index is 9.12. The summed E-state index contributed by atoms with van der Waals surface area (Å²) < 4.78 is 0. The van der Waals surface area contributed by atoms with Crippen molar-refractivity contribution in [3.8, 4) is 11.4 Å². The molecule has 0 spiro atoms. The van der Waals surface area contributed by atoms with Crippen molar-refractivity contribution in [2.45, 2.75) is 0 Å². The molecule has 0 aliphatic heterocycles. The van der Waals surface area contributed by atoms with E-state index in [1.54, 1.807) is 24.3 Å². The van der Waals surface area contributed by atoms with E-state index < -0.39 is 0 Å². The van der Waals surface area contributed by atoms with Crippen LogP contribution >= 0.6 is 11.6 Å². The molecule has 2 rings (SSSR count). The average molecular weight is 197 g/mol. The fraction of sp³-hybridized carbons (Fsp3) is 0. The van der Waals surface area contributed by atoms with E-state index in [0.717, 1.165) is 0 Å². The smallest absolute Gasteiger partial charge is 0.222 e. The van der Waals surface area contributed by atoms with Gasteiger partial charge < -0.3 is 5.21 Å². The summed E-state index contributed by atoms with van der Waals surface area (Å²) in [4.78, 5) is 0.614. The molecule has 1 aromatic heterocycles. The van der Waals surface area contributed by atoms with Crippen LogP contribution in [0, 0.1) is 0 Å². The van der Waals surface area contributed by atoms with Gasteiger partial charge in [-0.1, -0.05) is 16.4 Å². The molecule has 0 bridgehead atoms. The monoisotopic (exact) mass is 196 g/mol. The average Bonchev–Trinajstić information content (AvgIpc) is 2.53. The first-order valence-electron chi connectivity index (χ1n) is 3.51. The van der Waals surface area contributed by atoms with Gasteiger partial charge in [0.25, 0.3) is 0 Å². The highest BCUT2D eigenvalue weighted by molar-refractivity contribution is 6.30. The van der Waals surface area contributed by atoms with Gasteiger partial charge in [-0.3, -0.25) is 0 Å². The normalized spacial score (nSPS) is 10.2. The van der Waals surface area contributed by atoms with Crippen molar-refractivity contribution in [2.24, 2.45) is 0 Å². The van der Waals surface area contributed by atoms with Crippen LogP contribution in [0.1, 0.15) is 0 Å². The first kappa shape index (κ1) is 8.00. The third kappa shape index (κ3) is 1.46. The Morgan fingerprint density at radius 1 is 1.23 bits per heavy atom. The first-order chi connectivity index (χ1) is 6.27. The Balaban J connectivity index is 2.47. The molecule has 5 nitrogen and oxygen atoms in total. The number of hydrogen-bond acceptors (Lipinski definition) is 4. The Bertz CT molecular complexity index is 411. The SMILES string of the molecule is On1nnnc1-c1ccc(Cl)cc1. The van der Waals surface area contributed by atoms with Crippen LogP contribution in [0.25, 0.3) is 11.4 Å². The van der Waals surface area contributed by atoms with Crippen molar-refractivity contribution in [2.75, 3.05) is 0 Å². The summed E-state index contributed by atoms with van der Waals surface area (Å²) >= 11 is 5.69. The van der Waals surface area contributed by atoms with Crippen LogP contribution in [-0.4, -0.2) is 25.6 Å². The van der Waals surface area contributed by atoms with Gasteiger partial charge in [-0.05, 0) is 34.7 Å². The van der Waals surface area contributed by atoms with E-state index in [-0.39, 0.29) is 5.82 Å². The Morgan fingerprint density at radius 2 is 1.92 bits per heavy atom. The molecule has 1 aromatic carbocycles. The van der Waals surface area contributed by atoms with Gasteiger partial charge in [-0.15, -0.1) is 5.10 Å². The molecule has 0 saturated heterocycles. The van der Waals surface area contributed by atoms with Crippen molar-refractivity contribution in [3.63, 3.8) is 0 Å². The lowest BCUT2D eigenvalue weighted by atomic mass is 10.2. The number of aromatic nitrogens is 4. The zero-order valence-electron chi connectivity index (χ0n) is 6.42. The lowest BCUT2D eigenvalue weighted by Crippen LogP contribution is -1.95. The van der Waals surface area contributed by atoms with Gasteiger partial charge in [0.1, 0.15) is 0 Å². The maximum absolute atomic E-state index is 9.12. The summed E-state index contributed by atoms with van der Waals surface area (Å²) in [6, 6.07) is 6.85.